The molecule has 6 rings (SSSR count). The van der Waals surface area contributed by atoms with Gasteiger partial charge in [0.25, 0.3) is 0 Å². The second kappa shape index (κ2) is 15.7. The van der Waals surface area contributed by atoms with Crippen LogP contribution in [0.5, 0.6) is 0 Å². The van der Waals surface area contributed by atoms with Crippen LogP contribution in [-0.2, 0) is 24.1 Å². The zero-order valence-electron chi connectivity index (χ0n) is 29.2. The van der Waals surface area contributed by atoms with E-state index in [2.05, 4.69) is 46.8 Å². The Balaban J connectivity index is 1.14. The Morgan fingerprint density at radius 1 is 0.898 bits per heavy atom. The molecule has 4 heterocycles. The lowest BCUT2D eigenvalue weighted by atomic mass is 9.78. The first-order valence-corrected chi connectivity index (χ1v) is 17.9. The molecule has 2 aliphatic rings. The van der Waals surface area contributed by atoms with Crippen LogP contribution in [0.1, 0.15) is 94.9 Å². The molecule has 0 radical (unpaired) electrons. The van der Waals surface area contributed by atoms with Crippen LogP contribution >= 0.6 is 0 Å². The van der Waals surface area contributed by atoms with Gasteiger partial charge in [-0.2, -0.15) is 0 Å². The second-order valence-corrected chi connectivity index (χ2v) is 14.0. The summed E-state index contributed by atoms with van der Waals surface area (Å²) in [6.07, 6.45) is 24.7. The van der Waals surface area contributed by atoms with Gasteiger partial charge in [0.15, 0.2) is 0 Å². The summed E-state index contributed by atoms with van der Waals surface area (Å²) in [7, 11) is 0. The van der Waals surface area contributed by atoms with Gasteiger partial charge in [0, 0.05) is 80.5 Å². The fourth-order valence-corrected chi connectivity index (χ4v) is 7.10. The molecule has 254 valence electrons. The fourth-order valence-electron chi connectivity index (χ4n) is 7.10. The Labute approximate surface area is 291 Å². The molecular weight excluding hydrogens is 608 g/mol. The quantitative estimate of drug-likeness (QED) is 0.158. The lowest BCUT2D eigenvalue weighted by molar-refractivity contribution is -0.119. The highest BCUT2D eigenvalue weighted by molar-refractivity contribution is 5.92. The lowest BCUT2D eigenvalue weighted by Gasteiger charge is -2.39. The van der Waals surface area contributed by atoms with Crippen molar-refractivity contribution in [1.82, 2.24) is 29.9 Å². The maximum atomic E-state index is 13.9. The smallest absolute Gasteiger partial charge is 0.232 e. The number of carbonyl (C=O) groups is 1. The Bertz CT molecular complexity index is 1720. The Hall–Kier alpha value is -4.71. The topological polar surface area (TPSA) is 101 Å². The van der Waals surface area contributed by atoms with Gasteiger partial charge in [-0.05, 0) is 61.8 Å². The van der Waals surface area contributed by atoms with Crippen LogP contribution in [0.3, 0.4) is 0 Å². The van der Waals surface area contributed by atoms with Gasteiger partial charge in [-0.25, -0.2) is 29.9 Å². The highest BCUT2D eigenvalue weighted by Crippen LogP contribution is 2.36. The second-order valence-electron chi connectivity index (χ2n) is 14.0. The maximum Gasteiger partial charge on any atom is 0.232 e. The van der Waals surface area contributed by atoms with Gasteiger partial charge in [-0.15, -0.1) is 6.42 Å². The molecule has 0 unspecified atom stereocenters. The first kappa shape index (κ1) is 34.2. The molecule has 0 spiro atoms. The van der Waals surface area contributed by atoms with Crippen molar-refractivity contribution in [2.75, 3.05) is 22.9 Å². The van der Waals surface area contributed by atoms with Crippen molar-refractivity contribution < 1.29 is 4.79 Å². The third-order valence-corrected chi connectivity index (χ3v) is 10.7. The fraction of sp³-hybridized carbons (Fsp3) is 0.475. The zero-order valence-corrected chi connectivity index (χ0v) is 29.2. The predicted octanol–water partition coefficient (Wildman–Crippen LogP) is 7.05. The van der Waals surface area contributed by atoms with Gasteiger partial charge < -0.3 is 4.90 Å². The monoisotopic (exact) mass is 656 g/mol. The Morgan fingerprint density at radius 3 is 2.14 bits per heavy atom. The van der Waals surface area contributed by atoms with E-state index in [0.717, 1.165) is 104 Å². The maximum absolute atomic E-state index is 13.9. The van der Waals surface area contributed by atoms with Gasteiger partial charge in [0.1, 0.15) is 17.5 Å². The number of anilines is 2. The molecule has 4 aromatic rings. The number of benzene rings is 1. The van der Waals surface area contributed by atoms with E-state index in [-0.39, 0.29) is 11.9 Å². The highest BCUT2D eigenvalue weighted by atomic mass is 16.2. The summed E-state index contributed by atoms with van der Waals surface area (Å²) in [5, 5.41) is 0. The number of hydrogen-bond acceptors (Lipinski definition) is 8. The molecule has 1 aliphatic heterocycles. The van der Waals surface area contributed by atoms with Gasteiger partial charge in [0.2, 0.25) is 11.9 Å². The van der Waals surface area contributed by atoms with Crippen molar-refractivity contribution in [1.29, 1.82) is 0 Å². The number of carbonyl (C=O) groups excluding carboxylic acids is 1. The third kappa shape index (κ3) is 8.30. The van der Waals surface area contributed by atoms with Crippen LogP contribution in [-0.4, -0.2) is 54.9 Å². The van der Waals surface area contributed by atoms with E-state index in [0.29, 0.717) is 30.1 Å². The van der Waals surface area contributed by atoms with Crippen molar-refractivity contribution in [3.63, 3.8) is 0 Å². The molecule has 0 atom stereocenters. The molecule has 0 N–H and O–H groups in total. The van der Waals surface area contributed by atoms with E-state index in [1.165, 1.54) is 6.42 Å². The molecule has 1 aromatic carbocycles. The van der Waals surface area contributed by atoms with Gasteiger partial charge in [0.05, 0.1) is 5.56 Å². The van der Waals surface area contributed by atoms with E-state index >= 15 is 0 Å². The van der Waals surface area contributed by atoms with Crippen molar-refractivity contribution >= 4 is 17.7 Å². The zero-order chi connectivity index (χ0) is 34.2. The van der Waals surface area contributed by atoms with Crippen LogP contribution in [0.4, 0.5) is 11.8 Å². The minimum absolute atomic E-state index is 0.0269. The average Bonchev–Trinajstić information content (AvgIpc) is 3.16. The van der Waals surface area contributed by atoms with E-state index in [1.807, 2.05) is 36.2 Å². The van der Waals surface area contributed by atoms with Crippen molar-refractivity contribution in [2.45, 2.75) is 97.4 Å². The molecule has 49 heavy (non-hydrogen) atoms. The number of piperidine rings is 1. The first-order valence-electron chi connectivity index (χ1n) is 17.9. The van der Waals surface area contributed by atoms with Crippen LogP contribution in [0.15, 0.2) is 61.3 Å². The summed E-state index contributed by atoms with van der Waals surface area (Å²) in [5.41, 5.74) is 3.98. The number of hydrogen-bond donors (Lipinski definition) is 0. The largest absolute Gasteiger partial charge is 0.355 e. The number of amides is 1. The van der Waals surface area contributed by atoms with Gasteiger partial charge in [-0.3, -0.25) is 9.69 Å². The van der Waals surface area contributed by atoms with E-state index < -0.39 is 0 Å². The Kier molecular flexibility index (Phi) is 10.9. The minimum atomic E-state index is 0.0269. The molecule has 1 amide bonds. The summed E-state index contributed by atoms with van der Waals surface area (Å²) in [4.78, 5) is 46.1. The van der Waals surface area contributed by atoms with Crippen molar-refractivity contribution in [2.24, 2.45) is 11.3 Å². The molecule has 2 fully saturated rings. The van der Waals surface area contributed by atoms with E-state index in [1.54, 1.807) is 24.8 Å². The number of aryl methyl sites for hydroxylation is 2. The molecule has 1 aliphatic carbocycles. The summed E-state index contributed by atoms with van der Waals surface area (Å²) < 4.78 is 0. The van der Waals surface area contributed by atoms with Crippen LogP contribution in [0, 0.1) is 23.7 Å². The SMILES string of the molecule is C#Cc1cnc(CC2CCC(N(C(=O)CCc3ccccc3)c3ncc(-c4cnc(CC)nc4)cn3)CC2)nc1N1CCC(C)(CC)CC1. The summed E-state index contributed by atoms with van der Waals surface area (Å²) in [6, 6.07) is 10.2. The van der Waals surface area contributed by atoms with Crippen molar-refractivity contribution in [3.05, 3.63) is 84.1 Å². The minimum Gasteiger partial charge on any atom is -0.355 e. The number of aromatic nitrogens is 6. The van der Waals surface area contributed by atoms with Crippen LogP contribution < -0.4 is 9.80 Å². The molecule has 3 aromatic heterocycles. The predicted molar refractivity (Wildman–Crippen MR) is 194 cm³/mol. The van der Waals surface area contributed by atoms with Gasteiger partial charge >= 0.3 is 0 Å². The van der Waals surface area contributed by atoms with Gasteiger partial charge in [-0.1, -0.05) is 63.4 Å². The first-order chi connectivity index (χ1) is 23.9. The molecule has 9 heteroatoms. The number of terminal acetylenes is 1. The summed E-state index contributed by atoms with van der Waals surface area (Å²) in [5.74, 6) is 6.31. The van der Waals surface area contributed by atoms with Crippen LogP contribution in [0.2, 0.25) is 0 Å². The highest BCUT2D eigenvalue weighted by Gasteiger charge is 2.33. The van der Waals surface area contributed by atoms with Crippen LogP contribution in [0.25, 0.3) is 11.1 Å². The number of rotatable bonds is 11. The molecule has 1 saturated carbocycles. The Morgan fingerprint density at radius 2 is 1.53 bits per heavy atom. The lowest BCUT2D eigenvalue weighted by Crippen LogP contribution is -2.44. The average molecular weight is 657 g/mol. The van der Waals surface area contributed by atoms with E-state index in [4.69, 9.17) is 26.4 Å². The third-order valence-electron chi connectivity index (χ3n) is 10.7. The number of nitrogens with zero attached hydrogens (tertiary/aromatic N) is 8. The molecular formula is C40H48N8O. The summed E-state index contributed by atoms with van der Waals surface area (Å²) in [6.45, 7) is 8.64. The summed E-state index contributed by atoms with van der Waals surface area (Å²) >= 11 is 0. The normalized spacial score (nSPS) is 18.9. The standard InChI is InChI=1S/C40H48N8O/c1-5-31-24-43-36(46-38(31)47-21-19-40(4,7-3)20-22-47)23-30-13-16-34(17-14-30)48(37(49)18-15-29-11-9-8-10-12-29)39-44-27-33(28-45-39)32-25-41-35(6-2)42-26-32/h1,8-12,24-28,30,34H,6-7,13-23H2,2-4H3. The molecule has 1 saturated heterocycles. The molecule has 9 nitrogen and oxygen atoms in total. The van der Waals surface area contributed by atoms with Crippen molar-refractivity contribution in [3.8, 4) is 23.5 Å². The van der Waals surface area contributed by atoms with E-state index in [9.17, 15) is 4.79 Å². The molecule has 0 bridgehead atoms.